The van der Waals surface area contributed by atoms with E-state index in [4.69, 9.17) is 20.3 Å². The quantitative estimate of drug-likeness (QED) is 0.436. The molecule has 1 aliphatic rings. The van der Waals surface area contributed by atoms with Crippen LogP contribution in [0.1, 0.15) is 65.8 Å². The molecule has 0 radical (unpaired) electrons. The Bertz CT molecular complexity index is 1370. The SMILES string of the molecule is C=CC(=O)C(C)c1ccccc1C1CCC(C)=Cc2c(C(N)=O)c(-c3ccc(OC)c(OC)c3)nn21. The van der Waals surface area contributed by atoms with Crippen molar-refractivity contribution in [3.63, 3.8) is 0 Å². The van der Waals surface area contributed by atoms with Crippen LogP contribution in [0.4, 0.5) is 0 Å². The molecular weight excluding hydrogens is 454 g/mol. The summed E-state index contributed by atoms with van der Waals surface area (Å²) in [6.07, 6.45) is 4.92. The van der Waals surface area contributed by atoms with Crippen LogP contribution in [0.5, 0.6) is 11.5 Å². The lowest BCUT2D eigenvalue weighted by molar-refractivity contribution is -0.115. The van der Waals surface area contributed by atoms with Crippen LogP contribution in [-0.2, 0) is 4.79 Å². The van der Waals surface area contributed by atoms with Crippen molar-refractivity contribution in [3.8, 4) is 22.8 Å². The van der Waals surface area contributed by atoms with Gasteiger partial charge in [-0.1, -0.05) is 43.3 Å². The van der Waals surface area contributed by atoms with Crippen molar-refractivity contribution in [2.75, 3.05) is 14.2 Å². The van der Waals surface area contributed by atoms with Gasteiger partial charge in [-0.3, -0.25) is 14.3 Å². The Labute approximate surface area is 211 Å². The summed E-state index contributed by atoms with van der Waals surface area (Å²) in [7, 11) is 3.13. The fraction of sp³-hybridized carbons (Fsp3) is 0.276. The van der Waals surface area contributed by atoms with Gasteiger partial charge in [-0.15, -0.1) is 0 Å². The highest BCUT2D eigenvalue weighted by Crippen LogP contribution is 2.40. The van der Waals surface area contributed by atoms with Crippen molar-refractivity contribution in [1.82, 2.24) is 9.78 Å². The molecule has 0 saturated heterocycles. The number of fused-ring (bicyclic) bond motifs is 1. The largest absolute Gasteiger partial charge is 0.493 e. The number of nitrogens with zero attached hydrogens (tertiary/aromatic N) is 2. The number of hydrogen-bond donors (Lipinski definition) is 1. The third-order valence-corrected chi connectivity index (χ3v) is 6.79. The van der Waals surface area contributed by atoms with Crippen molar-refractivity contribution >= 4 is 17.8 Å². The summed E-state index contributed by atoms with van der Waals surface area (Å²) in [5, 5.41) is 4.96. The summed E-state index contributed by atoms with van der Waals surface area (Å²) >= 11 is 0. The number of carbonyl (C=O) groups is 2. The van der Waals surface area contributed by atoms with Gasteiger partial charge < -0.3 is 15.2 Å². The molecule has 0 bridgehead atoms. The number of rotatable bonds is 8. The Kier molecular flexibility index (Phi) is 7.10. The molecule has 0 spiro atoms. The van der Waals surface area contributed by atoms with Gasteiger partial charge in [-0.25, -0.2) is 0 Å². The van der Waals surface area contributed by atoms with Gasteiger partial charge in [0, 0.05) is 11.5 Å². The molecule has 2 unspecified atom stereocenters. The average molecular weight is 486 g/mol. The maximum atomic E-state index is 12.8. The highest BCUT2D eigenvalue weighted by atomic mass is 16.5. The molecular formula is C29H31N3O4. The molecule has 0 saturated carbocycles. The first-order chi connectivity index (χ1) is 17.3. The minimum absolute atomic E-state index is 0.0464. The molecule has 0 fully saturated rings. The summed E-state index contributed by atoms with van der Waals surface area (Å²) in [4.78, 5) is 25.3. The lowest BCUT2D eigenvalue weighted by atomic mass is 9.87. The molecule has 2 aromatic carbocycles. The molecule has 2 N–H and O–H groups in total. The number of aromatic nitrogens is 2. The summed E-state index contributed by atoms with van der Waals surface area (Å²) in [5.41, 5.74) is 11.1. The topological polar surface area (TPSA) is 96.4 Å². The van der Waals surface area contributed by atoms with Crippen LogP contribution in [0.3, 0.4) is 0 Å². The van der Waals surface area contributed by atoms with Crippen molar-refractivity contribution < 1.29 is 19.1 Å². The van der Waals surface area contributed by atoms with E-state index in [0.717, 1.165) is 29.5 Å². The first kappa shape index (κ1) is 25.0. The van der Waals surface area contributed by atoms with Gasteiger partial charge in [-0.05, 0) is 61.2 Å². The fourth-order valence-electron chi connectivity index (χ4n) is 4.87. The van der Waals surface area contributed by atoms with E-state index in [1.165, 1.54) is 6.08 Å². The molecule has 7 heteroatoms. The van der Waals surface area contributed by atoms with E-state index in [-0.39, 0.29) is 17.7 Å². The molecule has 1 aliphatic heterocycles. The molecule has 0 aliphatic carbocycles. The number of nitrogens with two attached hydrogens (primary N) is 1. The van der Waals surface area contributed by atoms with Crippen molar-refractivity contribution in [2.24, 2.45) is 5.73 Å². The molecule has 7 nitrogen and oxygen atoms in total. The van der Waals surface area contributed by atoms with Crippen molar-refractivity contribution in [1.29, 1.82) is 0 Å². The van der Waals surface area contributed by atoms with Crippen LogP contribution >= 0.6 is 0 Å². The normalized spacial score (nSPS) is 15.8. The molecule has 36 heavy (non-hydrogen) atoms. The Balaban J connectivity index is 1.96. The van der Waals surface area contributed by atoms with E-state index in [9.17, 15) is 9.59 Å². The van der Waals surface area contributed by atoms with E-state index < -0.39 is 5.91 Å². The van der Waals surface area contributed by atoms with Gasteiger partial charge in [0.15, 0.2) is 17.3 Å². The second kappa shape index (κ2) is 10.2. The molecule has 3 aromatic rings. The Morgan fingerprint density at radius 3 is 2.56 bits per heavy atom. The third kappa shape index (κ3) is 4.44. The van der Waals surface area contributed by atoms with Gasteiger partial charge in [0.1, 0.15) is 5.69 Å². The maximum Gasteiger partial charge on any atom is 0.253 e. The van der Waals surface area contributed by atoms with Crippen LogP contribution in [-0.4, -0.2) is 35.7 Å². The van der Waals surface area contributed by atoms with Gasteiger partial charge in [0.05, 0.1) is 31.5 Å². The maximum absolute atomic E-state index is 12.8. The summed E-state index contributed by atoms with van der Waals surface area (Å²) < 4.78 is 12.7. The number of allylic oxidation sites excluding steroid dienone is 2. The van der Waals surface area contributed by atoms with Crippen molar-refractivity contribution in [3.05, 3.63) is 83.1 Å². The second-order valence-electron chi connectivity index (χ2n) is 8.99. The predicted molar refractivity (Wildman–Crippen MR) is 140 cm³/mol. The number of hydrogen-bond acceptors (Lipinski definition) is 5. The standard InChI is InChI=1S/C29H31N3O4/c1-6-24(33)18(3)20-9-7-8-10-21(20)22-13-11-17(2)15-23-27(29(30)34)28(31-32(22)23)19-12-14-25(35-4)26(16-19)36-5/h6-10,12,14-16,18,22H,1,11,13H2,2-5H3,(H2,30,34). The summed E-state index contributed by atoms with van der Waals surface area (Å²) in [6.45, 7) is 7.58. The average Bonchev–Trinajstić information content (AvgIpc) is 3.18. The Hall–Kier alpha value is -4.13. The zero-order valence-electron chi connectivity index (χ0n) is 21.1. The highest BCUT2D eigenvalue weighted by molar-refractivity contribution is 6.02. The number of ketones is 1. The van der Waals surface area contributed by atoms with Crippen LogP contribution in [0.15, 0.2) is 60.7 Å². The number of benzene rings is 2. The second-order valence-corrected chi connectivity index (χ2v) is 8.99. The smallest absolute Gasteiger partial charge is 0.253 e. The number of carbonyl (C=O) groups excluding carboxylic acids is 2. The minimum atomic E-state index is -0.561. The van der Waals surface area contributed by atoms with E-state index in [1.54, 1.807) is 26.4 Å². The zero-order valence-corrected chi connectivity index (χ0v) is 21.1. The monoisotopic (exact) mass is 485 g/mol. The van der Waals surface area contributed by atoms with E-state index in [1.807, 2.05) is 54.9 Å². The van der Waals surface area contributed by atoms with Crippen LogP contribution < -0.4 is 15.2 Å². The lowest BCUT2D eigenvalue weighted by Crippen LogP contribution is -2.18. The van der Waals surface area contributed by atoms with Crippen LogP contribution in [0.2, 0.25) is 0 Å². The first-order valence-corrected chi connectivity index (χ1v) is 11.9. The van der Waals surface area contributed by atoms with Crippen molar-refractivity contribution in [2.45, 2.75) is 38.6 Å². The Morgan fingerprint density at radius 2 is 1.89 bits per heavy atom. The van der Waals surface area contributed by atoms with E-state index in [2.05, 4.69) is 6.58 Å². The number of methoxy groups -OCH3 is 2. The fourth-order valence-corrected chi connectivity index (χ4v) is 4.87. The first-order valence-electron chi connectivity index (χ1n) is 11.9. The molecule has 4 rings (SSSR count). The molecule has 1 amide bonds. The number of amides is 1. The summed E-state index contributed by atoms with van der Waals surface area (Å²) in [5.74, 6) is 0.144. The Morgan fingerprint density at radius 1 is 1.17 bits per heavy atom. The van der Waals surface area contributed by atoms with Crippen LogP contribution in [0.25, 0.3) is 17.3 Å². The molecule has 2 heterocycles. The van der Waals surface area contributed by atoms with Gasteiger partial charge in [-0.2, -0.15) is 5.10 Å². The highest BCUT2D eigenvalue weighted by Gasteiger charge is 2.31. The van der Waals surface area contributed by atoms with Gasteiger partial charge in [0.2, 0.25) is 0 Å². The molecule has 186 valence electrons. The van der Waals surface area contributed by atoms with Crippen LogP contribution in [0, 0.1) is 0 Å². The zero-order chi connectivity index (χ0) is 26.0. The van der Waals surface area contributed by atoms with Gasteiger partial charge in [0.25, 0.3) is 5.91 Å². The predicted octanol–water partition coefficient (Wildman–Crippen LogP) is 5.31. The minimum Gasteiger partial charge on any atom is -0.493 e. The molecule has 2 atom stereocenters. The molecule has 1 aromatic heterocycles. The summed E-state index contributed by atoms with van der Waals surface area (Å²) in [6, 6.07) is 13.1. The van der Waals surface area contributed by atoms with E-state index >= 15 is 0 Å². The lowest BCUT2D eigenvalue weighted by Gasteiger charge is -2.23. The number of primary amides is 1. The third-order valence-electron chi connectivity index (χ3n) is 6.79. The van der Waals surface area contributed by atoms with E-state index in [0.29, 0.717) is 34.0 Å². The van der Waals surface area contributed by atoms with Gasteiger partial charge >= 0.3 is 0 Å². The number of ether oxygens (including phenoxy) is 2.